The molecule has 24 heavy (non-hydrogen) atoms. The molecule has 1 saturated heterocycles. The summed E-state index contributed by atoms with van der Waals surface area (Å²) >= 11 is 0. The van der Waals surface area contributed by atoms with Gasteiger partial charge in [-0.1, -0.05) is 13.8 Å². The highest BCUT2D eigenvalue weighted by atomic mass is 16.6. The predicted molar refractivity (Wildman–Crippen MR) is 86.9 cm³/mol. The van der Waals surface area contributed by atoms with E-state index in [1.165, 1.54) is 0 Å². The van der Waals surface area contributed by atoms with E-state index in [0.29, 0.717) is 35.5 Å². The molecule has 4 aliphatic carbocycles. The van der Waals surface area contributed by atoms with Gasteiger partial charge in [-0.25, -0.2) is 0 Å². The molecule has 0 aromatic rings. The van der Waals surface area contributed by atoms with Crippen molar-refractivity contribution in [1.82, 2.24) is 0 Å². The van der Waals surface area contributed by atoms with Crippen LogP contribution in [0.2, 0.25) is 0 Å². The minimum atomic E-state index is -0.259. The van der Waals surface area contributed by atoms with E-state index < -0.39 is 0 Å². The van der Waals surface area contributed by atoms with Crippen LogP contribution < -0.4 is 0 Å². The van der Waals surface area contributed by atoms with Crippen LogP contribution in [0.1, 0.15) is 58.8 Å². The van der Waals surface area contributed by atoms with Gasteiger partial charge in [-0.3, -0.25) is 4.79 Å². The summed E-state index contributed by atoms with van der Waals surface area (Å²) in [4.78, 5) is 12.5. The number of epoxide rings is 1. The standard InChI is InChI=1S/C20H25NO3/c1-18-7-6-14-12(13(18)3-4-15(18)22)5-8-20-17(24-20)16(23)11(10-21)9-19(14,20)2/h12-14,17,23H,3-9H2,1-2H3/t12-,13-,14-,17+,18-,19+,20+/m0/s1. The van der Waals surface area contributed by atoms with E-state index in [2.05, 4.69) is 19.9 Å². The fourth-order valence-corrected chi connectivity index (χ4v) is 7.30. The van der Waals surface area contributed by atoms with Crippen LogP contribution in [0.3, 0.4) is 0 Å². The van der Waals surface area contributed by atoms with E-state index in [4.69, 9.17) is 4.74 Å². The van der Waals surface area contributed by atoms with Gasteiger partial charge in [0.2, 0.25) is 0 Å². The molecule has 1 N–H and O–H groups in total. The van der Waals surface area contributed by atoms with Crippen molar-refractivity contribution in [2.24, 2.45) is 28.6 Å². The monoisotopic (exact) mass is 327 g/mol. The summed E-state index contributed by atoms with van der Waals surface area (Å²) in [5, 5.41) is 19.8. The number of ether oxygens (including phenoxy) is 1. The molecular formula is C20H25NO3. The van der Waals surface area contributed by atoms with Crippen molar-refractivity contribution in [1.29, 1.82) is 5.26 Å². The molecule has 128 valence electrons. The minimum absolute atomic E-state index is 0.0785. The second-order valence-corrected chi connectivity index (χ2v) is 9.29. The summed E-state index contributed by atoms with van der Waals surface area (Å²) in [5.74, 6) is 2.22. The number of hydrogen-bond acceptors (Lipinski definition) is 4. The zero-order chi connectivity index (χ0) is 16.9. The number of rotatable bonds is 0. The number of nitrogens with zero attached hydrogens (tertiary/aromatic N) is 1. The maximum absolute atomic E-state index is 12.5. The number of Topliss-reactive ketones (excluding diaryl/α,β-unsaturated/α-hetero) is 1. The van der Waals surface area contributed by atoms with Gasteiger partial charge in [-0.2, -0.15) is 5.26 Å². The minimum Gasteiger partial charge on any atom is -0.508 e. The molecule has 1 spiro atoms. The summed E-state index contributed by atoms with van der Waals surface area (Å²) in [6.07, 6.45) is 6.24. The van der Waals surface area contributed by atoms with Crippen molar-refractivity contribution in [2.45, 2.75) is 70.5 Å². The van der Waals surface area contributed by atoms with Crippen molar-refractivity contribution in [3.63, 3.8) is 0 Å². The van der Waals surface area contributed by atoms with Gasteiger partial charge in [-0.15, -0.1) is 0 Å². The fraction of sp³-hybridized carbons (Fsp3) is 0.800. The lowest BCUT2D eigenvalue weighted by Gasteiger charge is -2.58. The highest BCUT2D eigenvalue weighted by Gasteiger charge is 2.76. The summed E-state index contributed by atoms with van der Waals surface area (Å²) in [6.45, 7) is 4.48. The average Bonchev–Trinajstić information content (AvgIpc) is 3.23. The Morgan fingerprint density at radius 3 is 2.75 bits per heavy atom. The molecule has 0 amide bonds. The maximum atomic E-state index is 12.5. The first-order chi connectivity index (χ1) is 11.4. The number of nitriles is 1. The summed E-state index contributed by atoms with van der Waals surface area (Å²) in [6, 6.07) is 2.22. The third-order valence-corrected chi connectivity index (χ3v) is 8.71. The number of allylic oxidation sites excluding steroid dienone is 1. The van der Waals surface area contributed by atoms with Crippen molar-refractivity contribution >= 4 is 5.78 Å². The molecule has 0 aromatic carbocycles. The lowest BCUT2D eigenvalue weighted by molar-refractivity contribution is -0.137. The SMILES string of the molecule is C[C@]12CC[C@H]3[C@@H](CC[C@@]45O[C@@H]4C(O)=C(C#N)C[C@]35C)[C@@H]1CCC2=O. The smallest absolute Gasteiger partial charge is 0.146 e. The van der Waals surface area contributed by atoms with Crippen LogP contribution in [0.4, 0.5) is 0 Å². The predicted octanol–water partition coefficient (Wildman–Crippen LogP) is 3.68. The number of ketones is 1. The Bertz CT molecular complexity index is 721. The molecule has 0 radical (unpaired) electrons. The molecule has 4 heteroatoms. The molecule has 1 heterocycles. The van der Waals surface area contributed by atoms with Crippen LogP contribution in [0.15, 0.2) is 11.3 Å². The Balaban J connectivity index is 1.56. The summed E-state index contributed by atoms with van der Waals surface area (Å²) < 4.78 is 6.10. The van der Waals surface area contributed by atoms with E-state index in [-0.39, 0.29) is 28.3 Å². The number of carbonyl (C=O) groups is 1. The van der Waals surface area contributed by atoms with Crippen molar-refractivity contribution in [2.75, 3.05) is 0 Å². The third kappa shape index (κ3) is 1.43. The van der Waals surface area contributed by atoms with Crippen LogP contribution in [0, 0.1) is 39.9 Å². The van der Waals surface area contributed by atoms with Gasteiger partial charge in [0.25, 0.3) is 0 Å². The fourth-order valence-electron chi connectivity index (χ4n) is 7.30. The zero-order valence-electron chi connectivity index (χ0n) is 14.5. The lowest BCUT2D eigenvalue weighted by atomic mass is 9.45. The number of aliphatic hydroxyl groups is 1. The molecule has 7 atom stereocenters. The molecule has 3 saturated carbocycles. The first kappa shape index (κ1) is 15.0. The second kappa shape index (κ2) is 4.25. The van der Waals surface area contributed by atoms with Crippen LogP contribution in [-0.2, 0) is 9.53 Å². The van der Waals surface area contributed by atoms with Gasteiger partial charge in [0.1, 0.15) is 23.2 Å². The van der Waals surface area contributed by atoms with E-state index in [9.17, 15) is 15.2 Å². The normalized spacial score (nSPS) is 55.1. The largest absolute Gasteiger partial charge is 0.508 e. The van der Waals surface area contributed by atoms with Gasteiger partial charge < -0.3 is 9.84 Å². The quantitative estimate of drug-likeness (QED) is 0.689. The van der Waals surface area contributed by atoms with Crippen LogP contribution in [0.5, 0.6) is 0 Å². The number of aliphatic hydroxyl groups excluding tert-OH is 1. The molecular weight excluding hydrogens is 302 g/mol. The van der Waals surface area contributed by atoms with Gasteiger partial charge >= 0.3 is 0 Å². The molecule has 5 rings (SSSR count). The van der Waals surface area contributed by atoms with Gasteiger partial charge in [0.15, 0.2) is 0 Å². The summed E-state index contributed by atoms with van der Waals surface area (Å²) in [7, 11) is 0. The highest BCUT2D eigenvalue weighted by molar-refractivity contribution is 5.87. The van der Waals surface area contributed by atoms with E-state index in [1.807, 2.05) is 0 Å². The lowest BCUT2D eigenvalue weighted by Crippen LogP contribution is -2.57. The van der Waals surface area contributed by atoms with Crippen LogP contribution in [-0.4, -0.2) is 22.6 Å². The highest BCUT2D eigenvalue weighted by Crippen LogP contribution is 2.72. The second-order valence-electron chi connectivity index (χ2n) is 9.29. The third-order valence-electron chi connectivity index (χ3n) is 8.71. The molecule has 4 fully saturated rings. The summed E-state index contributed by atoms with van der Waals surface area (Å²) in [5.41, 5.74) is 0.0724. The number of carbonyl (C=O) groups excluding carboxylic acids is 1. The van der Waals surface area contributed by atoms with Crippen LogP contribution >= 0.6 is 0 Å². The Labute approximate surface area is 142 Å². The Kier molecular flexibility index (Phi) is 2.65. The van der Waals surface area contributed by atoms with Crippen LogP contribution in [0.25, 0.3) is 0 Å². The Hall–Kier alpha value is -1.34. The van der Waals surface area contributed by atoms with E-state index in [1.54, 1.807) is 0 Å². The molecule has 0 unspecified atom stereocenters. The first-order valence-corrected chi connectivity index (χ1v) is 9.41. The van der Waals surface area contributed by atoms with Crippen molar-refractivity contribution < 1.29 is 14.6 Å². The topological polar surface area (TPSA) is 73.6 Å². The first-order valence-electron chi connectivity index (χ1n) is 9.41. The Morgan fingerprint density at radius 2 is 2.00 bits per heavy atom. The van der Waals surface area contributed by atoms with Crippen molar-refractivity contribution in [3.8, 4) is 6.07 Å². The molecule has 0 aromatic heterocycles. The Morgan fingerprint density at radius 1 is 1.21 bits per heavy atom. The van der Waals surface area contributed by atoms with E-state index in [0.717, 1.165) is 38.5 Å². The molecule has 5 aliphatic rings. The number of hydrogen-bond donors (Lipinski definition) is 1. The molecule has 1 aliphatic heterocycles. The zero-order valence-corrected chi connectivity index (χ0v) is 14.5. The van der Waals surface area contributed by atoms with Crippen molar-refractivity contribution in [3.05, 3.63) is 11.3 Å². The average molecular weight is 327 g/mol. The molecule has 0 bridgehead atoms. The van der Waals surface area contributed by atoms with Gasteiger partial charge in [0, 0.05) is 17.3 Å². The van der Waals surface area contributed by atoms with Gasteiger partial charge in [0.05, 0.1) is 11.6 Å². The van der Waals surface area contributed by atoms with E-state index >= 15 is 0 Å². The van der Waals surface area contributed by atoms with Gasteiger partial charge in [-0.05, 0) is 56.3 Å². The maximum Gasteiger partial charge on any atom is 0.146 e. The number of fused-ring (bicyclic) bond motifs is 4. The molecule has 4 nitrogen and oxygen atoms in total.